The van der Waals surface area contributed by atoms with Crippen molar-refractivity contribution in [3.8, 4) is 11.4 Å². The van der Waals surface area contributed by atoms with E-state index in [4.69, 9.17) is 31.0 Å². The van der Waals surface area contributed by atoms with Crippen LogP contribution in [0.2, 0.25) is 0 Å². The summed E-state index contributed by atoms with van der Waals surface area (Å²) < 4.78 is 6.04. The van der Waals surface area contributed by atoms with Gasteiger partial charge in [0.1, 0.15) is 17.0 Å². The van der Waals surface area contributed by atoms with Crippen molar-refractivity contribution in [2.45, 2.75) is 31.6 Å². The van der Waals surface area contributed by atoms with E-state index in [9.17, 15) is 0 Å². The van der Waals surface area contributed by atoms with Crippen LogP contribution < -0.4 is 0 Å². The van der Waals surface area contributed by atoms with E-state index in [2.05, 4.69) is 54.7 Å². The fraction of sp³-hybridized carbons (Fsp3) is 0.182. The molecular weight excluding hydrogens is 490 g/mol. The summed E-state index contributed by atoms with van der Waals surface area (Å²) >= 11 is 6.40. The van der Waals surface area contributed by atoms with Crippen molar-refractivity contribution in [3.63, 3.8) is 0 Å². The zero-order valence-electron chi connectivity index (χ0n) is 20.8. The highest BCUT2D eigenvalue weighted by molar-refractivity contribution is 6.29. The molecule has 0 aliphatic heterocycles. The predicted molar refractivity (Wildman–Crippen MR) is 155 cm³/mol. The van der Waals surface area contributed by atoms with Crippen LogP contribution in [0.25, 0.3) is 38.9 Å². The molecule has 0 saturated heterocycles. The smallest absolute Gasteiger partial charge is 0.163 e. The molecule has 4 nitrogen and oxygen atoms in total. The molecule has 0 bridgehead atoms. The van der Waals surface area contributed by atoms with Crippen molar-refractivity contribution in [1.29, 1.82) is 0 Å². The number of furan rings is 1. The van der Waals surface area contributed by atoms with E-state index in [1.54, 1.807) is 0 Å². The number of nitrogens with zero attached hydrogens (tertiary/aromatic N) is 3. The molecule has 4 aromatic rings. The second-order valence-electron chi connectivity index (χ2n) is 10.0. The van der Waals surface area contributed by atoms with Crippen molar-refractivity contribution in [3.05, 3.63) is 119 Å². The number of halogens is 1. The van der Waals surface area contributed by atoms with Gasteiger partial charge in [-0.2, -0.15) is 0 Å². The van der Waals surface area contributed by atoms with Gasteiger partial charge in [-0.3, -0.25) is 0 Å². The summed E-state index contributed by atoms with van der Waals surface area (Å²) in [5.41, 5.74) is 5.09. The molecule has 0 radical (unpaired) electrons. The maximum Gasteiger partial charge on any atom is 0.163 e. The number of hydrogen-bond donors (Lipinski definition) is 0. The molecule has 38 heavy (non-hydrogen) atoms. The van der Waals surface area contributed by atoms with Gasteiger partial charge in [-0.25, -0.2) is 15.0 Å². The van der Waals surface area contributed by atoms with Gasteiger partial charge in [-0.05, 0) is 61.6 Å². The van der Waals surface area contributed by atoms with Crippen LogP contribution in [-0.4, -0.2) is 15.0 Å². The number of allylic oxidation sites excluding steroid dienone is 12. The number of aromatic nitrogens is 3. The van der Waals surface area contributed by atoms with E-state index >= 15 is 0 Å². The SMILES string of the molecule is ClC1=CC=CC(c2nc(C3=CCC(C4=CCCC=C4)C=C3)nc(-c3ccc4oc5ccccc5c4c3)n2)C1. The Morgan fingerprint density at radius 1 is 0.816 bits per heavy atom. The molecule has 2 unspecified atom stereocenters. The second kappa shape index (κ2) is 9.70. The first-order chi connectivity index (χ1) is 18.7. The zero-order valence-corrected chi connectivity index (χ0v) is 21.6. The number of fused-ring (bicyclic) bond motifs is 3. The van der Waals surface area contributed by atoms with Crippen LogP contribution in [0.15, 0.2) is 112 Å². The van der Waals surface area contributed by atoms with Gasteiger partial charge in [0.15, 0.2) is 11.6 Å². The maximum atomic E-state index is 6.40. The van der Waals surface area contributed by atoms with Gasteiger partial charge in [0.05, 0.1) is 0 Å². The lowest BCUT2D eigenvalue weighted by Gasteiger charge is -2.20. The monoisotopic (exact) mass is 515 g/mol. The topological polar surface area (TPSA) is 51.8 Å². The van der Waals surface area contributed by atoms with Crippen LogP contribution in [0, 0.1) is 5.92 Å². The standard InChI is InChI=1S/C33H26ClN3O/c34-26-10-6-9-24(19-26)32-35-31(23-15-13-22(14-16-23)21-7-2-1-3-8-21)36-33(37-32)25-17-18-30-28(20-25)27-11-4-5-12-29(27)38-30/h2,4-13,15-18,20,22,24H,1,3,14,19H2. The number of benzene rings is 2. The third-order valence-corrected chi connectivity index (χ3v) is 7.74. The van der Waals surface area contributed by atoms with Crippen LogP contribution in [-0.2, 0) is 0 Å². The Morgan fingerprint density at radius 3 is 2.55 bits per heavy atom. The lowest BCUT2D eigenvalue weighted by atomic mass is 9.87. The van der Waals surface area contributed by atoms with Gasteiger partial charge in [-0.1, -0.05) is 78.4 Å². The minimum Gasteiger partial charge on any atom is -0.456 e. The van der Waals surface area contributed by atoms with Gasteiger partial charge >= 0.3 is 0 Å². The first kappa shape index (κ1) is 23.1. The molecule has 3 aliphatic carbocycles. The Morgan fingerprint density at radius 2 is 1.71 bits per heavy atom. The van der Waals surface area contributed by atoms with Crippen molar-refractivity contribution in [1.82, 2.24) is 15.0 Å². The minimum atomic E-state index is 0.00457. The van der Waals surface area contributed by atoms with E-state index in [1.165, 1.54) is 5.57 Å². The highest BCUT2D eigenvalue weighted by Crippen LogP contribution is 2.35. The molecule has 2 heterocycles. The third kappa shape index (κ3) is 4.35. The fourth-order valence-corrected chi connectivity index (χ4v) is 5.68. The number of hydrogen-bond acceptors (Lipinski definition) is 4. The third-order valence-electron chi connectivity index (χ3n) is 7.46. The average Bonchev–Trinajstić information content (AvgIpc) is 3.35. The summed E-state index contributed by atoms with van der Waals surface area (Å²) in [7, 11) is 0. The van der Waals surface area contributed by atoms with Gasteiger partial charge in [0, 0.05) is 38.8 Å². The van der Waals surface area contributed by atoms with Crippen LogP contribution in [0.1, 0.15) is 43.3 Å². The normalized spacial score (nSPS) is 21.0. The van der Waals surface area contributed by atoms with Crippen LogP contribution in [0.4, 0.5) is 0 Å². The van der Waals surface area contributed by atoms with Gasteiger partial charge in [0.25, 0.3) is 0 Å². The van der Waals surface area contributed by atoms with E-state index in [1.807, 2.05) is 42.5 Å². The first-order valence-electron chi connectivity index (χ1n) is 13.2. The molecule has 2 atom stereocenters. The van der Waals surface area contributed by atoms with Crippen molar-refractivity contribution >= 4 is 39.1 Å². The summed E-state index contributed by atoms with van der Waals surface area (Å²) in [5.74, 6) is 2.50. The molecule has 0 N–H and O–H groups in total. The Bertz CT molecular complexity index is 1750. The summed E-state index contributed by atoms with van der Waals surface area (Å²) in [6.45, 7) is 0. The minimum absolute atomic E-state index is 0.00457. The largest absolute Gasteiger partial charge is 0.456 e. The van der Waals surface area contributed by atoms with E-state index in [-0.39, 0.29) is 5.92 Å². The molecule has 186 valence electrons. The van der Waals surface area contributed by atoms with Crippen LogP contribution in [0.3, 0.4) is 0 Å². The van der Waals surface area contributed by atoms with Gasteiger partial charge in [-0.15, -0.1) is 0 Å². The van der Waals surface area contributed by atoms with E-state index in [0.717, 1.165) is 63.2 Å². The van der Waals surface area contributed by atoms with Crippen molar-refractivity contribution < 1.29 is 4.42 Å². The highest BCUT2D eigenvalue weighted by atomic mass is 35.5. The van der Waals surface area contributed by atoms with Gasteiger partial charge in [0.2, 0.25) is 0 Å². The lowest BCUT2D eigenvalue weighted by molar-refractivity contribution is 0.669. The van der Waals surface area contributed by atoms with E-state index in [0.29, 0.717) is 24.0 Å². The molecule has 0 amide bonds. The highest BCUT2D eigenvalue weighted by Gasteiger charge is 2.21. The van der Waals surface area contributed by atoms with Crippen LogP contribution >= 0.6 is 11.6 Å². The number of rotatable bonds is 4. The summed E-state index contributed by atoms with van der Waals surface area (Å²) in [6, 6.07) is 14.3. The molecule has 2 aromatic heterocycles. The molecule has 0 saturated carbocycles. The summed E-state index contributed by atoms with van der Waals surface area (Å²) in [6.07, 6.45) is 23.5. The summed E-state index contributed by atoms with van der Waals surface area (Å²) in [5, 5.41) is 2.94. The Kier molecular flexibility index (Phi) is 5.90. The fourth-order valence-electron chi connectivity index (χ4n) is 5.44. The van der Waals surface area contributed by atoms with Crippen molar-refractivity contribution in [2.24, 2.45) is 5.92 Å². The van der Waals surface area contributed by atoms with Crippen molar-refractivity contribution in [2.75, 3.05) is 0 Å². The molecule has 2 aromatic carbocycles. The Hall–Kier alpha value is -4.02. The average molecular weight is 516 g/mol. The quantitative estimate of drug-likeness (QED) is 0.272. The number of para-hydroxylation sites is 1. The molecule has 0 spiro atoms. The summed E-state index contributed by atoms with van der Waals surface area (Å²) in [4.78, 5) is 14.9. The molecule has 0 fully saturated rings. The molecular formula is C33H26ClN3O. The molecule has 3 aliphatic rings. The van der Waals surface area contributed by atoms with E-state index < -0.39 is 0 Å². The van der Waals surface area contributed by atoms with Crippen LogP contribution in [0.5, 0.6) is 0 Å². The Balaban J connectivity index is 1.30. The predicted octanol–water partition coefficient (Wildman–Crippen LogP) is 8.84. The zero-order chi connectivity index (χ0) is 25.5. The Labute approximate surface area is 226 Å². The molecule has 7 rings (SSSR count). The van der Waals surface area contributed by atoms with Gasteiger partial charge < -0.3 is 4.42 Å². The first-order valence-corrected chi connectivity index (χ1v) is 13.5. The second-order valence-corrected chi connectivity index (χ2v) is 10.5. The maximum absolute atomic E-state index is 6.40. The lowest BCUT2D eigenvalue weighted by Crippen LogP contribution is -2.11. The molecule has 5 heteroatoms.